The summed E-state index contributed by atoms with van der Waals surface area (Å²) in [6, 6.07) is 11.5. The van der Waals surface area contributed by atoms with Crippen LogP contribution in [0.2, 0.25) is 0 Å². The Morgan fingerprint density at radius 1 is 1.07 bits per heavy atom. The molecule has 232 valence electrons. The number of methoxy groups -OCH3 is 1. The van der Waals surface area contributed by atoms with Crippen molar-refractivity contribution in [2.45, 2.75) is 37.7 Å². The van der Waals surface area contributed by atoms with Crippen LogP contribution in [0.5, 0.6) is 5.75 Å². The smallest absolute Gasteiger partial charge is 0.332 e. The van der Waals surface area contributed by atoms with E-state index < -0.39 is 47.4 Å². The van der Waals surface area contributed by atoms with Crippen molar-refractivity contribution in [1.29, 1.82) is 0 Å². The van der Waals surface area contributed by atoms with Gasteiger partial charge in [-0.25, -0.2) is 9.59 Å². The van der Waals surface area contributed by atoms with E-state index in [1.807, 2.05) is 41.4 Å². The van der Waals surface area contributed by atoms with Crippen LogP contribution in [0.4, 0.5) is 4.39 Å². The number of aromatic amines is 1. The van der Waals surface area contributed by atoms with E-state index in [0.717, 1.165) is 26.7 Å². The number of halogens is 1. The van der Waals surface area contributed by atoms with E-state index in [1.54, 1.807) is 14.0 Å². The lowest BCUT2D eigenvalue weighted by atomic mass is 9.98. The number of aliphatic hydroxyl groups excluding tert-OH is 1. The van der Waals surface area contributed by atoms with Gasteiger partial charge in [0.25, 0.3) is 5.56 Å². The lowest BCUT2D eigenvalue weighted by Crippen LogP contribution is -2.34. The van der Waals surface area contributed by atoms with Gasteiger partial charge in [-0.2, -0.15) is 4.39 Å². The summed E-state index contributed by atoms with van der Waals surface area (Å²) in [5.74, 6) is -1.98. The maximum absolute atomic E-state index is 13.5. The molecule has 0 bridgehead atoms. The number of hydrogen-bond donors (Lipinski definition) is 2. The lowest BCUT2D eigenvalue weighted by Gasteiger charge is -2.16. The van der Waals surface area contributed by atoms with Gasteiger partial charge in [0.1, 0.15) is 37.9 Å². The zero-order valence-corrected chi connectivity index (χ0v) is 23.7. The fourth-order valence-corrected chi connectivity index (χ4v) is 4.40. The molecule has 2 aromatic carbocycles. The summed E-state index contributed by atoms with van der Waals surface area (Å²) in [5.41, 5.74) is -1.23. The van der Waals surface area contributed by atoms with E-state index in [9.17, 15) is 28.7 Å². The van der Waals surface area contributed by atoms with Crippen molar-refractivity contribution in [1.82, 2.24) is 9.55 Å². The van der Waals surface area contributed by atoms with Gasteiger partial charge in [-0.15, -0.1) is 0 Å². The first kappa shape index (κ1) is 31.8. The minimum absolute atomic E-state index is 0.0541. The number of aliphatic hydroxyl groups is 1. The predicted molar refractivity (Wildman–Crippen MR) is 148 cm³/mol. The molecule has 13 nitrogen and oxygen atoms in total. The molecule has 2 N–H and O–H groups in total. The predicted octanol–water partition coefficient (Wildman–Crippen LogP) is 1.41. The van der Waals surface area contributed by atoms with Crippen LogP contribution in [0.25, 0.3) is 10.8 Å². The van der Waals surface area contributed by atoms with Crippen molar-refractivity contribution in [3.8, 4) is 5.75 Å². The van der Waals surface area contributed by atoms with Gasteiger partial charge in [0.05, 0.1) is 45.1 Å². The Labute approximate surface area is 245 Å². The second-order valence-corrected chi connectivity index (χ2v) is 9.79. The third-order valence-corrected chi connectivity index (χ3v) is 6.84. The second-order valence-electron chi connectivity index (χ2n) is 9.79. The Morgan fingerprint density at radius 2 is 1.79 bits per heavy atom. The zero-order chi connectivity index (χ0) is 30.9. The number of carbonyl (C=O) groups excluding carboxylic acids is 2. The van der Waals surface area contributed by atoms with E-state index in [1.165, 1.54) is 0 Å². The topological polar surface area (TPSA) is 165 Å². The molecule has 0 amide bonds. The van der Waals surface area contributed by atoms with Crippen LogP contribution < -0.4 is 16.0 Å². The van der Waals surface area contributed by atoms with Crippen molar-refractivity contribution in [3.05, 3.63) is 74.8 Å². The standard InChI is InChI=1S/C29H33FN2O11/c1-17(18-3-4-20-12-21(38-2)6-5-19(20)11-18)28(36)41-10-9-39-7-8-40-16-26(34)42-15-24-23(33)13-25(43-24)32-14-22(30)27(35)31-29(32)37/h3-6,11-12,14,17,23-25,33H,7-10,13,15-16H2,1-2H3,(H,31,35,37). The molecule has 4 unspecified atom stereocenters. The second kappa shape index (κ2) is 14.9. The highest BCUT2D eigenvalue weighted by Gasteiger charge is 2.36. The van der Waals surface area contributed by atoms with Crippen molar-refractivity contribution < 1.29 is 47.5 Å². The highest BCUT2D eigenvalue weighted by molar-refractivity contribution is 5.86. The maximum atomic E-state index is 13.5. The SMILES string of the molecule is COc1ccc2cc(C(C)C(=O)OCCOCCOCC(=O)OCC3OC(n4cc(F)c(=O)[nH]c4=O)CC3O)ccc2c1. The quantitative estimate of drug-likeness (QED) is 0.202. The molecule has 0 aliphatic carbocycles. The third-order valence-electron chi connectivity index (χ3n) is 6.84. The van der Waals surface area contributed by atoms with E-state index >= 15 is 0 Å². The Balaban J connectivity index is 1.07. The molecule has 4 rings (SSSR count). The largest absolute Gasteiger partial charge is 0.497 e. The molecule has 43 heavy (non-hydrogen) atoms. The van der Waals surface area contributed by atoms with E-state index in [4.69, 9.17) is 28.4 Å². The highest BCUT2D eigenvalue weighted by atomic mass is 19.1. The number of fused-ring (bicyclic) bond motifs is 1. The molecule has 1 aliphatic heterocycles. The number of esters is 2. The van der Waals surface area contributed by atoms with Crippen molar-refractivity contribution in [3.63, 3.8) is 0 Å². The summed E-state index contributed by atoms with van der Waals surface area (Å²) in [4.78, 5) is 49.3. The van der Waals surface area contributed by atoms with Crippen molar-refractivity contribution in [2.75, 3.05) is 46.8 Å². The highest BCUT2D eigenvalue weighted by Crippen LogP contribution is 2.28. The Morgan fingerprint density at radius 3 is 2.58 bits per heavy atom. The molecule has 0 saturated carbocycles. The summed E-state index contributed by atoms with van der Waals surface area (Å²) < 4.78 is 46.0. The Kier molecular flexibility index (Phi) is 11.0. The maximum Gasteiger partial charge on any atom is 0.332 e. The van der Waals surface area contributed by atoms with E-state index in [0.29, 0.717) is 6.20 Å². The number of benzene rings is 2. The fraction of sp³-hybridized carbons (Fsp3) is 0.448. The minimum Gasteiger partial charge on any atom is -0.497 e. The van der Waals surface area contributed by atoms with Crippen LogP contribution in [0.3, 0.4) is 0 Å². The van der Waals surface area contributed by atoms with Crippen LogP contribution >= 0.6 is 0 Å². The molecule has 0 radical (unpaired) electrons. The van der Waals surface area contributed by atoms with Crippen molar-refractivity contribution >= 4 is 22.7 Å². The average Bonchev–Trinajstić information content (AvgIpc) is 3.37. The zero-order valence-electron chi connectivity index (χ0n) is 23.7. The van der Waals surface area contributed by atoms with Gasteiger partial charge < -0.3 is 33.5 Å². The Bertz CT molecular complexity index is 1540. The third kappa shape index (κ3) is 8.47. The molecule has 1 saturated heterocycles. The molecule has 1 aliphatic rings. The molecule has 1 fully saturated rings. The molecule has 3 aromatic rings. The molecule has 4 atom stereocenters. The number of ether oxygens (including phenoxy) is 6. The first-order valence-corrected chi connectivity index (χ1v) is 13.6. The van der Waals surface area contributed by atoms with Gasteiger partial charge in [-0.05, 0) is 35.4 Å². The number of hydrogen-bond acceptors (Lipinski definition) is 11. The number of nitrogens with one attached hydrogen (secondary N) is 1. The number of nitrogens with zero attached hydrogens (tertiary/aromatic N) is 1. The van der Waals surface area contributed by atoms with Gasteiger partial charge in [0.15, 0.2) is 0 Å². The van der Waals surface area contributed by atoms with Gasteiger partial charge in [0, 0.05) is 6.42 Å². The number of rotatable bonds is 14. The first-order chi connectivity index (χ1) is 20.7. The van der Waals surface area contributed by atoms with Gasteiger partial charge in [-0.1, -0.05) is 24.3 Å². The molecule has 0 spiro atoms. The molecule has 1 aromatic heterocycles. The van der Waals surface area contributed by atoms with Crippen LogP contribution in [0.1, 0.15) is 31.1 Å². The van der Waals surface area contributed by atoms with Crippen LogP contribution in [0, 0.1) is 5.82 Å². The summed E-state index contributed by atoms with van der Waals surface area (Å²) in [5, 5.41) is 12.2. The van der Waals surface area contributed by atoms with E-state index in [2.05, 4.69) is 0 Å². The Hall–Kier alpha value is -4.11. The monoisotopic (exact) mass is 604 g/mol. The minimum atomic E-state index is -1.18. The number of carbonyl (C=O) groups is 2. The van der Waals surface area contributed by atoms with E-state index in [-0.39, 0.29) is 52.0 Å². The molecular weight excluding hydrogens is 571 g/mol. The summed E-state index contributed by atoms with van der Waals surface area (Å²) in [6.07, 6.45) is -2.48. The summed E-state index contributed by atoms with van der Waals surface area (Å²) in [7, 11) is 1.61. The van der Waals surface area contributed by atoms with Crippen molar-refractivity contribution in [2.24, 2.45) is 0 Å². The number of aromatic nitrogens is 2. The molecule has 2 heterocycles. The van der Waals surface area contributed by atoms with Gasteiger partial charge in [0.2, 0.25) is 5.82 Å². The summed E-state index contributed by atoms with van der Waals surface area (Å²) >= 11 is 0. The first-order valence-electron chi connectivity index (χ1n) is 13.6. The number of H-pyrrole nitrogens is 1. The van der Waals surface area contributed by atoms with Gasteiger partial charge in [-0.3, -0.25) is 19.1 Å². The van der Waals surface area contributed by atoms with Crippen LogP contribution in [-0.4, -0.2) is 85.6 Å². The summed E-state index contributed by atoms with van der Waals surface area (Å²) in [6.45, 7) is 1.48. The molecule has 14 heteroatoms. The van der Waals surface area contributed by atoms with Crippen LogP contribution in [-0.2, 0) is 33.3 Å². The fourth-order valence-electron chi connectivity index (χ4n) is 4.40. The van der Waals surface area contributed by atoms with Gasteiger partial charge >= 0.3 is 17.6 Å². The lowest BCUT2D eigenvalue weighted by molar-refractivity contribution is -0.156. The normalized spacial score (nSPS) is 18.8. The van der Waals surface area contributed by atoms with Crippen LogP contribution in [0.15, 0.2) is 52.2 Å². The average molecular weight is 605 g/mol. The molecular formula is C29H33FN2O11.